The number of hydrogen-bond acceptors (Lipinski definition) is 6. The summed E-state index contributed by atoms with van der Waals surface area (Å²) in [5, 5.41) is 0. The van der Waals surface area contributed by atoms with Gasteiger partial charge >= 0.3 is 11.8 Å². The maximum Gasteiger partial charge on any atom is 0.312 e. The number of piperazine rings is 1. The highest BCUT2D eigenvalue weighted by molar-refractivity contribution is 6.34. The Labute approximate surface area is 151 Å². The number of fused-ring (bicyclic) bond motifs is 1. The second kappa shape index (κ2) is 7.25. The molecule has 136 valence electrons. The maximum atomic E-state index is 12.5. The first-order valence-electron chi connectivity index (χ1n) is 8.85. The van der Waals surface area contributed by atoms with Crippen LogP contribution in [0.1, 0.15) is 0 Å². The van der Waals surface area contributed by atoms with Crippen molar-refractivity contribution in [2.75, 3.05) is 57.4 Å². The number of para-hydroxylation sites is 2. The van der Waals surface area contributed by atoms with Crippen molar-refractivity contribution < 1.29 is 14.3 Å². The van der Waals surface area contributed by atoms with E-state index in [2.05, 4.69) is 14.9 Å². The molecule has 0 radical (unpaired) electrons. The maximum absolute atomic E-state index is 12.5. The summed E-state index contributed by atoms with van der Waals surface area (Å²) < 4.78 is 5.23. The molecule has 0 saturated carbocycles. The molecular formula is C18H21N5O3. The minimum absolute atomic E-state index is 0.420. The first-order valence-corrected chi connectivity index (χ1v) is 8.85. The fraction of sp³-hybridized carbons (Fsp3) is 0.444. The normalized spacial score (nSPS) is 18.2. The van der Waals surface area contributed by atoms with Crippen molar-refractivity contribution in [3.05, 3.63) is 30.5 Å². The van der Waals surface area contributed by atoms with Crippen LogP contribution in [0.2, 0.25) is 0 Å². The number of amides is 2. The topological polar surface area (TPSA) is 78.9 Å². The average Bonchev–Trinajstić information content (AvgIpc) is 2.73. The number of rotatable bonds is 1. The van der Waals surface area contributed by atoms with Crippen LogP contribution in [-0.4, -0.2) is 84.1 Å². The molecule has 8 heteroatoms. The average molecular weight is 355 g/mol. The Morgan fingerprint density at radius 1 is 0.846 bits per heavy atom. The van der Waals surface area contributed by atoms with E-state index >= 15 is 0 Å². The number of ether oxygens (including phenoxy) is 1. The minimum Gasteiger partial charge on any atom is -0.378 e. The molecule has 4 rings (SSSR count). The Balaban J connectivity index is 1.38. The number of aromatic nitrogens is 2. The fourth-order valence-corrected chi connectivity index (χ4v) is 3.28. The fourth-order valence-electron chi connectivity index (χ4n) is 3.28. The minimum atomic E-state index is -0.424. The van der Waals surface area contributed by atoms with Crippen LogP contribution in [-0.2, 0) is 14.3 Å². The predicted molar refractivity (Wildman–Crippen MR) is 95.7 cm³/mol. The number of hydrogen-bond donors (Lipinski definition) is 0. The van der Waals surface area contributed by atoms with Crippen LogP contribution >= 0.6 is 0 Å². The van der Waals surface area contributed by atoms with E-state index in [1.54, 1.807) is 16.0 Å². The highest BCUT2D eigenvalue weighted by atomic mass is 16.5. The van der Waals surface area contributed by atoms with Crippen LogP contribution in [0.25, 0.3) is 11.0 Å². The molecule has 0 bridgehead atoms. The molecule has 3 heterocycles. The van der Waals surface area contributed by atoms with Crippen molar-refractivity contribution in [1.29, 1.82) is 0 Å². The molecule has 0 aliphatic carbocycles. The molecule has 0 spiro atoms. The van der Waals surface area contributed by atoms with Gasteiger partial charge in [-0.15, -0.1) is 0 Å². The van der Waals surface area contributed by atoms with E-state index < -0.39 is 11.8 Å². The lowest BCUT2D eigenvalue weighted by Gasteiger charge is -2.36. The van der Waals surface area contributed by atoms with E-state index in [-0.39, 0.29) is 0 Å². The van der Waals surface area contributed by atoms with Gasteiger partial charge in [-0.1, -0.05) is 12.1 Å². The Morgan fingerprint density at radius 3 is 2.15 bits per heavy atom. The Hall–Kier alpha value is -2.74. The van der Waals surface area contributed by atoms with Crippen LogP contribution < -0.4 is 4.90 Å². The van der Waals surface area contributed by atoms with Gasteiger partial charge in [-0.25, -0.2) is 4.98 Å². The lowest BCUT2D eigenvalue weighted by atomic mass is 10.2. The molecule has 2 aliphatic rings. The van der Waals surface area contributed by atoms with Crippen molar-refractivity contribution in [2.45, 2.75) is 0 Å². The Morgan fingerprint density at radius 2 is 1.46 bits per heavy atom. The van der Waals surface area contributed by atoms with Crippen LogP contribution in [0.4, 0.5) is 5.82 Å². The third-order valence-corrected chi connectivity index (χ3v) is 4.81. The zero-order valence-corrected chi connectivity index (χ0v) is 14.5. The molecule has 8 nitrogen and oxygen atoms in total. The van der Waals surface area contributed by atoms with Crippen LogP contribution in [0.3, 0.4) is 0 Å². The first-order chi connectivity index (χ1) is 12.7. The summed E-state index contributed by atoms with van der Waals surface area (Å²) in [7, 11) is 0. The number of carbonyl (C=O) groups excluding carboxylic acids is 2. The van der Waals surface area contributed by atoms with Gasteiger partial charge in [0.15, 0.2) is 0 Å². The summed E-state index contributed by atoms with van der Waals surface area (Å²) in [6.45, 7) is 4.23. The molecular weight excluding hydrogens is 334 g/mol. The highest BCUT2D eigenvalue weighted by Gasteiger charge is 2.30. The van der Waals surface area contributed by atoms with E-state index in [9.17, 15) is 9.59 Å². The van der Waals surface area contributed by atoms with Gasteiger partial charge in [0.1, 0.15) is 5.82 Å². The molecule has 1 aromatic heterocycles. The molecule has 0 atom stereocenters. The largest absolute Gasteiger partial charge is 0.378 e. The van der Waals surface area contributed by atoms with Gasteiger partial charge in [-0.2, -0.15) is 0 Å². The summed E-state index contributed by atoms with van der Waals surface area (Å²) in [6, 6.07) is 7.74. The second-order valence-corrected chi connectivity index (χ2v) is 6.40. The zero-order valence-electron chi connectivity index (χ0n) is 14.5. The quantitative estimate of drug-likeness (QED) is 0.677. The summed E-state index contributed by atoms with van der Waals surface area (Å²) in [5.41, 5.74) is 1.71. The SMILES string of the molecule is O=C(C(=O)N1CCN(c2cnc3ccccc3n2)CC1)N1CCOCC1. The van der Waals surface area contributed by atoms with Gasteiger partial charge in [-0.05, 0) is 12.1 Å². The molecule has 1 aromatic carbocycles. The smallest absolute Gasteiger partial charge is 0.312 e. The number of morpholine rings is 1. The molecule has 26 heavy (non-hydrogen) atoms. The monoisotopic (exact) mass is 355 g/mol. The van der Waals surface area contributed by atoms with E-state index in [4.69, 9.17) is 4.74 Å². The summed E-state index contributed by atoms with van der Waals surface area (Å²) in [5.74, 6) is -0.0429. The first kappa shape index (κ1) is 16.7. The third-order valence-electron chi connectivity index (χ3n) is 4.81. The summed E-state index contributed by atoms with van der Waals surface area (Å²) >= 11 is 0. The summed E-state index contributed by atoms with van der Waals surface area (Å²) in [6.07, 6.45) is 1.76. The number of carbonyl (C=O) groups is 2. The lowest BCUT2D eigenvalue weighted by Crippen LogP contribution is -2.54. The number of nitrogens with zero attached hydrogens (tertiary/aromatic N) is 5. The van der Waals surface area contributed by atoms with E-state index in [0.717, 1.165) is 16.9 Å². The van der Waals surface area contributed by atoms with Gasteiger partial charge in [0.2, 0.25) is 0 Å². The van der Waals surface area contributed by atoms with Gasteiger partial charge < -0.3 is 19.4 Å². The molecule has 0 unspecified atom stereocenters. The van der Waals surface area contributed by atoms with Gasteiger partial charge in [-0.3, -0.25) is 14.6 Å². The Kier molecular flexibility index (Phi) is 4.66. The zero-order chi connectivity index (χ0) is 17.9. The van der Waals surface area contributed by atoms with Crippen molar-refractivity contribution in [1.82, 2.24) is 19.8 Å². The van der Waals surface area contributed by atoms with Crippen molar-refractivity contribution in [3.8, 4) is 0 Å². The van der Waals surface area contributed by atoms with Crippen molar-refractivity contribution in [3.63, 3.8) is 0 Å². The van der Waals surface area contributed by atoms with Gasteiger partial charge in [0.05, 0.1) is 30.4 Å². The van der Waals surface area contributed by atoms with Crippen LogP contribution in [0.15, 0.2) is 30.5 Å². The number of anilines is 1. The summed E-state index contributed by atoms with van der Waals surface area (Å²) in [4.78, 5) is 39.2. The molecule has 0 N–H and O–H groups in total. The van der Waals surface area contributed by atoms with E-state index in [1.165, 1.54) is 0 Å². The van der Waals surface area contributed by atoms with Crippen LogP contribution in [0, 0.1) is 0 Å². The molecule has 2 aromatic rings. The predicted octanol–water partition coefficient (Wildman–Crippen LogP) is 0.137. The Bertz CT molecular complexity index is 813. The molecule has 2 fully saturated rings. The third kappa shape index (κ3) is 3.32. The van der Waals surface area contributed by atoms with E-state index in [0.29, 0.717) is 52.5 Å². The molecule has 2 amide bonds. The van der Waals surface area contributed by atoms with Crippen molar-refractivity contribution >= 4 is 28.7 Å². The standard InChI is InChI=1S/C18H21N5O3/c24-17(18(25)23-9-11-26-12-10-23)22-7-5-21(6-8-22)16-13-19-14-3-1-2-4-15(14)20-16/h1-4,13H,5-12H2. The highest BCUT2D eigenvalue weighted by Crippen LogP contribution is 2.17. The van der Waals surface area contributed by atoms with Gasteiger partial charge in [0.25, 0.3) is 0 Å². The number of benzene rings is 1. The second-order valence-electron chi connectivity index (χ2n) is 6.40. The van der Waals surface area contributed by atoms with Gasteiger partial charge in [0, 0.05) is 39.3 Å². The van der Waals surface area contributed by atoms with E-state index in [1.807, 2.05) is 24.3 Å². The van der Waals surface area contributed by atoms with Crippen molar-refractivity contribution in [2.24, 2.45) is 0 Å². The lowest BCUT2D eigenvalue weighted by molar-refractivity contribution is -0.154. The van der Waals surface area contributed by atoms with Crippen LogP contribution in [0.5, 0.6) is 0 Å². The molecule has 2 saturated heterocycles. The molecule has 2 aliphatic heterocycles.